The number of carboxylic acid groups (broad SMARTS) is 1. The summed E-state index contributed by atoms with van der Waals surface area (Å²) in [5.41, 5.74) is -0.603. The highest BCUT2D eigenvalue weighted by Crippen LogP contribution is 2.23. The maximum atomic E-state index is 12.3. The van der Waals surface area contributed by atoms with E-state index in [2.05, 4.69) is 15.7 Å². The first-order valence-corrected chi connectivity index (χ1v) is 11.2. The molecule has 1 atom stereocenters. The van der Waals surface area contributed by atoms with Crippen LogP contribution in [-0.2, 0) is 23.1 Å². The van der Waals surface area contributed by atoms with Crippen molar-refractivity contribution in [3.8, 4) is 10.6 Å². The van der Waals surface area contributed by atoms with E-state index in [9.17, 15) is 19.5 Å². The van der Waals surface area contributed by atoms with Crippen molar-refractivity contribution in [2.75, 3.05) is 6.54 Å². The third-order valence-corrected chi connectivity index (χ3v) is 5.17. The van der Waals surface area contributed by atoms with E-state index >= 15 is 0 Å². The van der Waals surface area contributed by atoms with E-state index in [4.69, 9.17) is 9.47 Å². The number of carbonyl (C=O) groups excluding carboxylic acids is 2. The van der Waals surface area contributed by atoms with E-state index in [0.29, 0.717) is 0 Å². The third-order valence-electron chi connectivity index (χ3n) is 3.95. The summed E-state index contributed by atoms with van der Waals surface area (Å²) < 4.78 is 13.9. The fourth-order valence-electron chi connectivity index (χ4n) is 2.75. The minimum Gasteiger partial charge on any atom is -0.477 e. The molecule has 0 aliphatic heterocycles. The van der Waals surface area contributed by atoms with Crippen molar-refractivity contribution in [3.05, 3.63) is 23.5 Å². The van der Waals surface area contributed by atoms with Crippen molar-refractivity contribution in [1.82, 2.24) is 20.4 Å². The van der Waals surface area contributed by atoms with Crippen LogP contribution in [0.3, 0.4) is 0 Å². The van der Waals surface area contributed by atoms with Gasteiger partial charge in [-0.3, -0.25) is 4.68 Å². The number of thiazole rings is 1. The van der Waals surface area contributed by atoms with Gasteiger partial charge in [-0.1, -0.05) is 11.3 Å². The number of hydrogen-bond donors (Lipinski definition) is 3. The summed E-state index contributed by atoms with van der Waals surface area (Å²) in [6.07, 6.45) is 3.67. The van der Waals surface area contributed by atoms with E-state index < -0.39 is 35.4 Å². The predicted octanol–water partition coefficient (Wildman–Crippen LogP) is 2.55. The zero-order chi connectivity index (χ0) is 25.0. The number of nitrogens with zero attached hydrogens (tertiary/aromatic N) is 3. The van der Waals surface area contributed by atoms with Gasteiger partial charge in [-0.05, 0) is 41.5 Å². The number of rotatable bonds is 7. The first-order valence-electron chi connectivity index (χ1n) is 10.3. The summed E-state index contributed by atoms with van der Waals surface area (Å²) in [5.74, 6) is -0.996. The molecule has 0 saturated carbocycles. The molecule has 2 amide bonds. The number of aromatic carboxylic acids is 1. The van der Waals surface area contributed by atoms with Gasteiger partial charge in [0, 0.05) is 12.7 Å². The van der Waals surface area contributed by atoms with Crippen LogP contribution >= 0.6 is 11.3 Å². The SMILES string of the molecule is C[n+]1cc(C(=O)O)sc1-c1cnn(CC(CNC(=O)OC(C)(C)C)NC(=O)OC(C)(C)C)c1. The van der Waals surface area contributed by atoms with Gasteiger partial charge in [0.2, 0.25) is 0 Å². The summed E-state index contributed by atoms with van der Waals surface area (Å²) in [5, 5.41) is 19.7. The number of hydrogen-bond acceptors (Lipinski definition) is 7. The second-order valence-electron chi connectivity index (χ2n) is 9.49. The van der Waals surface area contributed by atoms with E-state index in [1.807, 2.05) is 0 Å². The number of aryl methyl sites for hydroxylation is 1. The van der Waals surface area contributed by atoms with Crippen molar-refractivity contribution in [2.45, 2.75) is 65.3 Å². The van der Waals surface area contributed by atoms with Crippen LogP contribution in [0.4, 0.5) is 9.59 Å². The maximum absolute atomic E-state index is 12.3. The molecule has 0 aliphatic carbocycles. The van der Waals surface area contributed by atoms with Gasteiger partial charge in [0.1, 0.15) is 18.2 Å². The van der Waals surface area contributed by atoms with Gasteiger partial charge in [-0.2, -0.15) is 9.67 Å². The topological polar surface area (TPSA) is 136 Å². The maximum Gasteiger partial charge on any atom is 0.407 e. The number of alkyl carbamates (subject to hydrolysis) is 2. The molecule has 3 N–H and O–H groups in total. The third kappa shape index (κ3) is 8.72. The van der Waals surface area contributed by atoms with Crippen LogP contribution in [0, 0.1) is 0 Å². The minimum absolute atomic E-state index is 0.0826. The number of nitrogens with one attached hydrogen (secondary N) is 2. The number of amides is 2. The first-order chi connectivity index (χ1) is 15.1. The van der Waals surface area contributed by atoms with Crippen molar-refractivity contribution in [2.24, 2.45) is 7.05 Å². The summed E-state index contributed by atoms with van der Waals surface area (Å²) in [4.78, 5) is 35.8. The first kappa shape index (κ1) is 26.1. The van der Waals surface area contributed by atoms with Gasteiger partial charge in [0.05, 0.1) is 24.3 Å². The molecular formula is C21H32N5O6S+. The molecule has 0 fully saturated rings. The molecule has 11 nitrogen and oxygen atoms in total. The van der Waals surface area contributed by atoms with Crippen LogP contribution in [0.1, 0.15) is 51.2 Å². The smallest absolute Gasteiger partial charge is 0.407 e. The summed E-state index contributed by atoms with van der Waals surface area (Å²) >= 11 is 1.14. The van der Waals surface area contributed by atoms with Crippen LogP contribution < -0.4 is 15.2 Å². The fraction of sp³-hybridized carbons (Fsp3) is 0.571. The Morgan fingerprint density at radius 2 is 1.76 bits per heavy atom. The molecule has 0 aliphatic rings. The number of carboxylic acids is 1. The Hall–Kier alpha value is -3.15. The lowest BCUT2D eigenvalue weighted by Gasteiger charge is -2.25. The molecule has 2 aromatic rings. The van der Waals surface area contributed by atoms with Crippen molar-refractivity contribution in [1.29, 1.82) is 0 Å². The molecule has 12 heteroatoms. The van der Waals surface area contributed by atoms with Crippen LogP contribution in [0.5, 0.6) is 0 Å². The molecule has 33 heavy (non-hydrogen) atoms. The molecule has 1 unspecified atom stereocenters. The van der Waals surface area contributed by atoms with Gasteiger partial charge in [-0.15, -0.1) is 0 Å². The Bertz CT molecular complexity index is 1000. The minimum atomic E-state index is -0.996. The molecule has 2 heterocycles. The quantitative estimate of drug-likeness (QED) is 0.516. The van der Waals surface area contributed by atoms with Crippen LogP contribution in [0.2, 0.25) is 0 Å². The lowest BCUT2D eigenvalue weighted by molar-refractivity contribution is -0.656. The van der Waals surface area contributed by atoms with Crippen LogP contribution in [0.15, 0.2) is 18.6 Å². The van der Waals surface area contributed by atoms with Crippen LogP contribution in [0.25, 0.3) is 10.6 Å². The summed E-state index contributed by atoms with van der Waals surface area (Å²) in [6.45, 7) is 10.9. The summed E-state index contributed by atoms with van der Waals surface area (Å²) in [6, 6.07) is -0.549. The molecule has 0 spiro atoms. The molecule has 0 radical (unpaired) electrons. The highest BCUT2D eigenvalue weighted by Gasteiger charge is 2.24. The largest absolute Gasteiger partial charge is 0.477 e. The lowest BCUT2D eigenvalue weighted by atomic mass is 10.2. The summed E-state index contributed by atoms with van der Waals surface area (Å²) in [7, 11) is 1.76. The predicted molar refractivity (Wildman–Crippen MR) is 121 cm³/mol. The fourth-order valence-corrected chi connectivity index (χ4v) is 3.68. The molecule has 182 valence electrons. The lowest BCUT2D eigenvalue weighted by Crippen LogP contribution is -2.48. The molecule has 2 rings (SSSR count). The van der Waals surface area contributed by atoms with E-state index in [1.54, 1.807) is 70.2 Å². The second kappa shape index (κ2) is 10.2. The normalized spacial score (nSPS) is 12.7. The number of ether oxygens (including phenoxy) is 2. The Morgan fingerprint density at radius 1 is 1.15 bits per heavy atom. The van der Waals surface area contributed by atoms with Gasteiger partial charge >= 0.3 is 18.2 Å². The van der Waals surface area contributed by atoms with Gasteiger partial charge < -0.3 is 25.2 Å². The molecular weight excluding hydrogens is 450 g/mol. The monoisotopic (exact) mass is 482 g/mol. The zero-order valence-corrected chi connectivity index (χ0v) is 20.8. The van der Waals surface area contributed by atoms with E-state index in [-0.39, 0.29) is 18.0 Å². The Labute approximate surface area is 196 Å². The van der Waals surface area contributed by atoms with Gasteiger partial charge in [0.25, 0.3) is 5.01 Å². The highest BCUT2D eigenvalue weighted by molar-refractivity contribution is 7.16. The van der Waals surface area contributed by atoms with Crippen molar-refractivity contribution >= 4 is 29.5 Å². The second-order valence-corrected chi connectivity index (χ2v) is 10.5. The van der Waals surface area contributed by atoms with Crippen molar-refractivity contribution < 1.29 is 33.5 Å². The average Bonchev–Trinajstić information content (AvgIpc) is 3.23. The molecule has 0 saturated heterocycles. The van der Waals surface area contributed by atoms with Crippen molar-refractivity contribution in [3.63, 3.8) is 0 Å². The zero-order valence-electron chi connectivity index (χ0n) is 20.0. The molecule has 0 aromatic carbocycles. The Morgan fingerprint density at radius 3 is 2.30 bits per heavy atom. The van der Waals surface area contributed by atoms with Gasteiger partial charge in [-0.25, -0.2) is 14.4 Å². The highest BCUT2D eigenvalue weighted by atomic mass is 32.1. The average molecular weight is 483 g/mol. The van der Waals surface area contributed by atoms with Crippen LogP contribution in [-0.4, -0.2) is 56.8 Å². The van der Waals surface area contributed by atoms with Gasteiger partial charge in [0.15, 0.2) is 11.1 Å². The number of aromatic nitrogens is 3. The molecule has 0 bridgehead atoms. The van der Waals surface area contributed by atoms with E-state index in [0.717, 1.165) is 21.9 Å². The van der Waals surface area contributed by atoms with E-state index in [1.165, 1.54) is 6.20 Å². The molecule has 2 aromatic heterocycles. The standard InChI is InChI=1S/C21H31N5O6S/c1-20(2,3)31-18(29)22-9-14(24-19(30)32-21(4,5)6)11-26-10-13(8-23-26)16-25(7)12-15(33-16)17(27)28/h8,10,12,14H,9,11H2,1-7H3,(H2-,22,24,27,28,29,30)/p+1. The Kier molecular flexibility index (Phi) is 8.06. The number of carbonyl (C=O) groups is 3. The Balaban J connectivity index is 2.14.